The molecule has 0 spiro atoms. The monoisotopic (exact) mass is 282 g/mol. The van der Waals surface area contributed by atoms with Crippen LogP contribution in [0.15, 0.2) is 42.5 Å². The van der Waals surface area contributed by atoms with Crippen molar-refractivity contribution in [2.24, 2.45) is 0 Å². The van der Waals surface area contributed by atoms with Gasteiger partial charge in [0.2, 0.25) is 5.88 Å². The van der Waals surface area contributed by atoms with Crippen LogP contribution < -0.4 is 15.2 Å². The van der Waals surface area contributed by atoms with Crippen molar-refractivity contribution in [2.75, 3.05) is 12.8 Å². The lowest BCUT2D eigenvalue weighted by atomic mass is 10.2. The zero-order chi connectivity index (χ0) is 14.7. The van der Waals surface area contributed by atoms with Crippen LogP contribution in [0.25, 0.3) is 11.0 Å². The van der Waals surface area contributed by atoms with E-state index in [4.69, 9.17) is 15.2 Å². The number of hydrogen-bond acceptors (Lipinski definition) is 6. The fraction of sp³-hybridized carbons (Fsp3) is 0.133. The minimum absolute atomic E-state index is 0.233. The van der Waals surface area contributed by atoms with Gasteiger partial charge in [-0.2, -0.15) is 9.97 Å². The molecule has 0 aliphatic carbocycles. The molecule has 0 aliphatic heterocycles. The van der Waals surface area contributed by atoms with Gasteiger partial charge in [-0.25, -0.2) is 4.98 Å². The molecule has 0 fully saturated rings. The molecule has 1 aromatic carbocycles. The molecule has 2 N–H and O–H groups in total. The summed E-state index contributed by atoms with van der Waals surface area (Å²) < 4.78 is 10.8. The number of nitrogens with two attached hydrogens (primary N) is 1. The fourth-order valence-corrected chi connectivity index (χ4v) is 1.90. The Kier molecular flexibility index (Phi) is 3.51. The number of fused-ring (bicyclic) bond motifs is 1. The number of ether oxygens (including phenoxy) is 2. The summed E-state index contributed by atoms with van der Waals surface area (Å²) in [6.45, 7) is 0.382. The molecule has 2 aromatic heterocycles. The van der Waals surface area contributed by atoms with E-state index >= 15 is 0 Å². The molecular weight excluding hydrogens is 268 g/mol. The molecule has 0 aliphatic rings. The molecule has 0 saturated heterocycles. The van der Waals surface area contributed by atoms with Crippen molar-refractivity contribution in [2.45, 2.75) is 6.61 Å². The average Bonchev–Trinajstić information content (AvgIpc) is 2.53. The third-order valence-corrected chi connectivity index (χ3v) is 2.91. The first kappa shape index (κ1) is 13.1. The van der Waals surface area contributed by atoms with Crippen LogP contribution in [0.2, 0.25) is 0 Å². The summed E-state index contributed by atoms with van der Waals surface area (Å²) >= 11 is 0. The second kappa shape index (κ2) is 5.62. The molecule has 0 unspecified atom stereocenters. The summed E-state index contributed by atoms with van der Waals surface area (Å²) in [7, 11) is 1.51. The van der Waals surface area contributed by atoms with E-state index in [1.54, 1.807) is 12.1 Å². The Labute approximate surface area is 121 Å². The van der Waals surface area contributed by atoms with E-state index < -0.39 is 0 Å². The van der Waals surface area contributed by atoms with Gasteiger partial charge in [0.25, 0.3) is 0 Å². The van der Waals surface area contributed by atoms with Gasteiger partial charge in [0.15, 0.2) is 5.52 Å². The lowest BCUT2D eigenvalue weighted by molar-refractivity contribution is 0.288. The summed E-state index contributed by atoms with van der Waals surface area (Å²) in [6.07, 6.45) is 0. The van der Waals surface area contributed by atoms with Gasteiger partial charge in [-0.05, 0) is 17.7 Å². The molecule has 0 radical (unpaired) electrons. The first-order chi connectivity index (χ1) is 10.3. The van der Waals surface area contributed by atoms with E-state index in [0.29, 0.717) is 29.3 Å². The van der Waals surface area contributed by atoms with Crippen LogP contribution in [0, 0.1) is 0 Å². The quantitative estimate of drug-likeness (QED) is 0.789. The smallest absolute Gasteiger partial charge is 0.320 e. The van der Waals surface area contributed by atoms with Gasteiger partial charge in [0.05, 0.1) is 7.11 Å². The zero-order valence-corrected chi connectivity index (χ0v) is 11.5. The Morgan fingerprint density at radius 3 is 2.57 bits per heavy atom. The Hall–Kier alpha value is -2.89. The van der Waals surface area contributed by atoms with E-state index in [-0.39, 0.29) is 6.01 Å². The summed E-state index contributed by atoms with van der Waals surface area (Å²) in [6, 6.07) is 13.5. The van der Waals surface area contributed by atoms with Gasteiger partial charge in [-0.3, -0.25) is 0 Å². The van der Waals surface area contributed by atoms with Gasteiger partial charge in [0, 0.05) is 0 Å². The molecule has 0 saturated carbocycles. The highest BCUT2D eigenvalue weighted by Gasteiger charge is 2.11. The van der Waals surface area contributed by atoms with Crippen molar-refractivity contribution >= 4 is 16.9 Å². The summed E-state index contributed by atoms with van der Waals surface area (Å²) in [5.74, 6) is 0.744. The maximum atomic E-state index is 5.75. The zero-order valence-electron chi connectivity index (χ0n) is 11.5. The van der Waals surface area contributed by atoms with Gasteiger partial charge in [-0.15, -0.1) is 0 Å². The third kappa shape index (κ3) is 2.84. The van der Waals surface area contributed by atoms with Crippen LogP contribution in [0.3, 0.4) is 0 Å². The Morgan fingerprint density at radius 2 is 1.81 bits per heavy atom. The summed E-state index contributed by atoms with van der Waals surface area (Å²) in [4.78, 5) is 12.7. The average molecular weight is 282 g/mol. The van der Waals surface area contributed by atoms with Crippen molar-refractivity contribution in [1.82, 2.24) is 15.0 Å². The highest BCUT2D eigenvalue weighted by atomic mass is 16.5. The van der Waals surface area contributed by atoms with Gasteiger partial charge in [-0.1, -0.05) is 30.3 Å². The molecule has 3 rings (SSSR count). The van der Waals surface area contributed by atoms with E-state index in [1.165, 1.54) is 7.11 Å². The maximum absolute atomic E-state index is 5.75. The SMILES string of the molecule is COc1nc(OCc2ccccc2)c2nc(N)ccc2n1. The van der Waals surface area contributed by atoms with E-state index in [2.05, 4.69) is 15.0 Å². The number of pyridine rings is 1. The minimum atomic E-state index is 0.233. The largest absolute Gasteiger partial charge is 0.471 e. The molecule has 0 amide bonds. The maximum Gasteiger partial charge on any atom is 0.320 e. The Balaban J connectivity index is 1.97. The number of rotatable bonds is 4. The molecule has 0 atom stereocenters. The molecule has 6 nitrogen and oxygen atoms in total. The van der Waals surface area contributed by atoms with Crippen molar-refractivity contribution in [1.29, 1.82) is 0 Å². The summed E-state index contributed by atoms with van der Waals surface area (Å²) in [5, 5.41) is 0. The van der Waals surface area contributed by atoms with Crippen molar-refractivity contribution in [3.05, 3.63) is 48.0 Å². The first-order valence-corrected chi connectivity index (χ1v) is 6.41. The third-order valence-electron chi connectivity index (χ3n) is 2.91. The minimum Gasteiger partial charge on any atom is -0.471 e. The van der Waals surface area contributed by atoms with E-state index in [9.17, 15) is 0 Å². The topological polar surface area (TPSA) is 83.2 Å². The number of methoxy groups -OCH3 is 1. The summed E-state index contributed by atoms with van der Waals surface area (Å²) in [5.41, 5.74) is 7.90. The molecule has 6 heteroatoms. The predicted molar refractivity (Wildman–Crippen MR) is 79.1 cm³/mol. The van der Waals surface area contributed by atoms with Crippen molar-refractivity contribution < 1.29 is 9.47 Å². The van der Waals surface area contributed by atoms with Crippen LogP contribution in [0.5, 0.6) is 11.9 Å². The number of benzene rings is 1. The number of anilines is 1. The number of nitrogens with zero attached hydrogens (tertiary/aromatic N) is 3. The second-order valence-electron chi connectivity index (χ2n) is 4.39. The number of hydrogen-bond donors (Lipinski definition) is 1. The Morgan fingerprint density at radius 1 is 1.00 bits per heavy atom. The molecule has 2 heterocycles. The number of nitrogen functional groups attached to an aromatic ring is 1. The van der Waals surface area contributed by atoms with E-state index in [0.717, 1.165) is 5.56 Å². The fourth-order valence-electron chi connectivity index (χ4n) is 1.90. The molecule has 106 valence electrons. The van der Waals surface area contributed by atoms with Crippen LogP contribution in [0.1, 0.15) is 5.56 Å². The normalized spacial score (nSPS) is 10.5. The van der Waals surface area contributed by atoms with Gasteiger partial charge >= 0.3 is 6.01 Å². The van der Waals surface area contributed by atoms with Gasteiger partial charge < -0.3 is 15.2 Å². The van der Waals surface area contributed by atoms with E-state index in [1.807, 2.05) is 30.3 Å². The second-order valence-corrected chi connectivity index (χ2v) is 4.39. The van der Waals surface area contributed by atoms with Crippen molar-refractivity contribution in [3.8, 4) is 11.9 Å². The van der Waals surface area contributed by atoms with Crippen LogP contribution in [0.4, 0.5) is 5.82 Å². The number of aromatic nitrogens is 3. The molecule has 3 aromatic rings. The highest BCUT2D eigenvalue weighted by Crippen LogP contribution is 2.24. The lowest BCUT2D eigenvalue weighted by Gasteiger charge is -2.09. The molecular formula is C15H14N4O2. The molecule has 0 bridgehead atoms. The van der Waals surface area contributed by atoms with Gasteiger partial charge in [0.1, 0.15) is 17.9 Å². The Bertz CT molecular complexity index is 762. The van der Waals surface area contributed by atoms with Crippen molar-refractivity contribution in [3.63, 3.8) is 0 Å². The highest BCUT2D eigenvalue weighted by molar-refractivity contribution is 5.80. The van der Waals surface area contributed by atoms with Crippen LogP contribution >= 0.6 is 0 Å². The predicted octanol–water partition coefficient (Wildman–Crippen LogP) is 2.19. The van der Waals surface area contributed by atoms with Crippen LogP contribution in [-0.2, 0) is 6.61 Å². The standard InChI is InChI=1S/C15H14N4O2/c1-20-15-17-11-7-8-12(16)18-13(11)14(19-15)21-9-10-5-3-2-4-6-10/h2-8H,9H2,1H3,(H2,16,18). The molecule has 21 heavy (non-hydrogen) atoms. The van der Waals surface area contributed by atoms with Crippen LogP contribution in [-0.4, -0.2) is 22.1 Å². The first-order valence-electron chi connectivity index (χ1n) is 6.41. The lowest BCUT2D eigenvalue weighted by Crippen LogP contribution is -2.03.